The molecule has 4 aromatic carbocycles. The SMILES string of the molecule is Cc1nc2ccccc2c(=O)n1-c1ccc(C(=O)N2N=C(c3ccccc3)CC2c2cccc([N+](=O)[O-])c2)cc1. The van der Waals surface area contributed by atoms with Crippen LogP contribution in [0.25, 0.3) is 16.6 Å². The van der Waals surface area contributed by atoms with Crippen molar-refractivity contribution in [1.29, 1.82) is 0 Å². The molecule has 1 unspecified atom stereocenters. The number of hydrogen-bond donors (Lipinski definition) is 0. The maximum Gasteiger partial charge on any atom is 0.274 e. The summed E-state index contributed by atoms with van der Waals surface area (Å²) in [6, 6.07) is 29.2. The summed E-state index contributed by atoms with van der Waals surface area (Å²) >= 11 is 0. The number of hydrogen-bond acceptors (Lipinski definition) is 6. The van der Waals surface area contributed by atoms with Crippen LogP contribution in [-0.4, -0.2) is 31.1 Å². The van der Waals surface area contributed by atoms with Gasteiger partial charge in [0.1, 0.15) is 5.82 Å². The second kappa shape index (κ2) is 10.0. The van der Waals surface area contributed by atoms with Gasteiger partial charge in [-0.2, -0.15) is 5.10 Å². The lowest BCUT2D eigenvalue weighted by Crippen LogP contribution is -2.27. The zero-order valence-electron chi connectivity index (χ0n) is 21.5. The number of rotatable bonds is 5. The minimum atomic E-state index is -0.517. The molecular weight excluding hydrogens is 506 g/mol. The number of nitro groups is 1. The molecule has 0 spiro atoms. The molecule has 0 aliphatic carbocycles. The summed E-state index contributed by atoms with van der Waals surface area (Å²) in [7, 11) is 0. The third kappa shape index (κ3) is 4.43. The second-order valence-corrected chi connectivity index (χ2v) is 9.50. The van der Waals surface area contributed by atoms with E-state index in [1.165, 1.54) is 21.7 Å². The molecule has 0 fully saturated rings. The molecule has 9 heteroatoms. The highest BCUT2D eigenvalue weighted by Crippen LogP contribution is 2.35. The predicted octanol–water partition coefficient (Wildman–Crippen LogP) is 5.59. The maximum absolute atomic E-state index is 13.8. The van der Waals surface area contributed by atoms with E-state index < -0.39 is 11.0 Å². The Morgan fingerprint density at radius 3 is 2.40 bits per heavy atom. The topological polar surface area (TPSA) is 111 Å². The lowest BCUT2D eigenvalue weighted by molar-refractivity contribution is -0.384. The van der Waals surface area contributed by atoms with Gasteiger partial charge in [-0.15, -0.1) is 0 Å². The highest BCUT2D eigenvalue weighted by Gasteiger charge is 2.34. The summed E-state index contributed by atoms with van der Waals surface area (Å²) in [4.78, 5) is 42.5. The van der Waals surface area contributed by atoms with Gasteiger partial charge in [0.05, 0.1) is 33.3 Å². The molecule has 6 rings (SSSR count). The molecule has 9 nitrogen and oxygen atoms in total. The molecule has 1 atom stereocenters. The average molecular weight is 530 g/mol. The van der Waals surface area contributed by atoms with Crippen molar-refractivity contribution in [2.75, 3.05) is 0 Å². The minimum Gasteiger partial charge on any atom is -0.268 e. The maximum atomic E-state index is 13.8. The molecule has 196 valence electrons. The Balaban J connectivity index is 1.37. The van der Waals surface area contributed by atoms with Crippen molar-refractivity contribution in [2.45, 2.75) is 19.4 Å². The molecule has 1 aliphatic rings. The third-order valence-electron chi connectivity index (χ3n) is 7.01. The number of aryl methyl sites for hydroxylation is 1. The van der Waals surface area contributed by atoms with Crippen molar-refractivity contribution in [2.24, 2.45) is 5.10 Å². The number of carbonyl (C=O) groups is 1. The number of para-hydroxylation sites is 1. The van der Waals surface area contributed by atoms with Crippen LogP contribution in [0.3, 0.4) is 0 Å². The van der Waals surface area contributed by atoms with E-state index in [4.69, 9.17) is 0 Å². The van der Waals surface area contributed by atoms with Gasteiger partial charge >= 0.3 is 0 Å². The Kier molecular flexibility index (Phi) is 6.24. The first-order valence-corrected chi connectivity index (χ1v) is 12.7. The first-order chi connectivity index (χ1) is 19.4. The fourth-order valence-corrected chi connectivity index (χ4v) is 5.04. The number of fused-ring (bicyclic) bond motifs is 1. The Morgan fingerprint density at radius 1 is 0.925 bits per heavy atom. The summed E-state index contributed by atoms with van der Waals surface area (Å²) in [6.07, 6.45) is 0.409. The molecule has 0 bridgehead atoms. The number of nitro benzene ring substituents is 1. The van der Waals surface area contributed by atoms with E-state index in [2.05, 4.69) is 10.1 Å². The normalized spacial score (nSPS) is 14.8. The van der Waals surface area contributed by atoms with E-state index in [9.17, 15) is 19.7 Å². The van der Waals surface area contributed by atoms with Gasteiger partial charge in [-0.25, -0.2) is 9.99 Å². The van der Waals surface area contributed by atoms with Crippen LogP contribution in [0.1, 0.15) is 39.8 Å². The summed E-state index contributed by atoms with van der Waals surface area (Å²) < 4.78 is 1.52. The van der Waals surface area contributed by atoms with Crippen molar-refractivity contribution in [3.8, 4) is 5.69 Å². The van der Waals surface area contributed by atoms with E-state index >= 15 is 0 Å². The summed E-state index contributed by atoms with van der Waals surface area (Å²) in [5.41, 5.74) is 3.56. The molecule has 1 aromatic heterocycles. The van der Waals surface area contributed by atoms with Gasteiger partial charge in [-0.1, -0.05) is 54.6 Å². The lowest BCUT2D eigenvalue weighted by atomic mass is 9.97. The van der Waals surface area contributed by atoms with Crippen molar-refractivity contribution in [1.82, 2.24) is 14.6 Å². The number of carbonyl (C=O) groups excluding carboxylic acids is 1. The van der Waals surface area contributed by atoms with Gasteiger partial charge in [0.25, 0.3) is 17.2 Å². The van der Waals surface area contributed by atoms with Gasteiger partial charge in [-0.3, -0.25) is 24.3 Å². The molecule has 0 saturated carbocycles. The highest BCUT2D eigenvalue weighted by atomic mass is 16.6. The number of amides is 1. The monoisotopic (exact) mass is 529 g/mol. The molecule has 1 aliphatic heterocycles. The van der Waals surface area contributed by atoms with Crippen molar-refractivity contribution >= 4 is 28.2 Å². The van der Waals surface area contributed by atoms with E-state index in [0.29, 0.717) is 45.7 Å². The minimum absolute atomic E-state index is 0.0489. The van der Waals surface area contributed by atoms with Crippen LogP contribution in [0, 0.1) is 17.0 Å². The van der Waals surface area contributed by atoms with Crippen molar-refractivity contribution in [3.05, 3.63) is 146 Å². The fraction of sp³-hybridized carbons (Fsp3) is 0.0968. The largest absolute Gasteiger partial charge is 0.274 e. The van der Waals surface area contributed by atoms with Crippen LogP contribution in [0.15, 0.2) is 113 Å². The summed E-state index contributed by atoms with van der Waals surface area (Å²) in [5, 5.41) is 18.0. The fourth-order valence-electron chi connectivity index (χ4n) is 5.04. The zero-order valence-corrected chi connectivity index (χ0v) is 21.5. The Labute approximate surface area is 228 Å². The van der Waals surface area contributed by atoms with Crippen LogP contribution in [0.2, 0.25) is 0 Å². The summed E-state index contributed by atoms with van der Waals surface area (Å²) in [6.45, 7) is 1.76. The van der Waals surface area contributed by atoms with Gasteiger partial charge in [0.2, 0.25) is 0 Å². The van der Waals surface area contributed by atoms with Crippen LogP contribution in [0.4, 0.5) is 5.69 Å². The number of hydrazone groups is 1. The Bertz CT molecular complexity index is 1860. The standard InChI is InChI=1S/C31H23N5O4/c1-20-32-27-13-6-5-12-26(27)31(38)34(20)24-16-14-22(15-17-24)30(37)35-29(23-10-7-11-25(18-23)36(39)40)19-28(33-35)21-8-3-2-4-9-21/h2-18,29H,19H2,1H3. The first-order valence-electron chi connectivity index (χ1n) is 12.7. The molecule has 2 heterocycles. The smallest absolute Gasteiger partial charge is 0.268 e. The number of nitrogens with zero attached hydrogens (tertiary/aromatic N) is 5. The Hall–Kier alpha value is -5.44. The molecule has 0 N–H and O–H groups in total. The van der Waals surface area contributed by atoms with E-state index in [1.807, 2.05) is 36.4 Å². The van der Waals surface area contributed by atoms with Crippen molar-refractivity contribution in [3.63, 3.8) is 0 Å². The van der Waals surface area contributed by atoms with Crippen LogP contribution < -0.4 is 5.56 Å². The molecule has 0 saturated heterocycles. The molecule has 1 amide bonds. The highest BCUT2D eigenvalue weighted by molar-refractivity contribution is 6.05. The molecule has 0 radical (unpaired) electrons. The Morgan fingerprint density at radius 2 is 1.65 bits per heavy atom. The molecule has 40 heavy (non-hydrogen) atoms. The molecule has 5 aromatic rings. The quantitative estimate of drug-likeness (QED) is 0.218. The van der Waals surface area contributed by atoms with E-state index in [1.54, 1.807) is 61.5 Å². The van der Waals surface area contributed by atoms with Gasteiger partial charge in [-0.05, 0) is 54.4 Å². The van der Waals surface area contributed by atoms with Gasteiger partial charge < -0.3 is 0 Å². The van der Waals surface area contributed by atoms with Gasteiger partial charge in [0, 0.05) is 24.1 Å². The predicted molar refractivity (Wildman–Crippen MR) is 152 cm³/mol. The zero-order chi connectivity index (χ0) is 27.8. The molecular formula is C31H23N5O4. The van der Waals surface area contributed by atoms with Crippen LogP contribution in [0.5, 0.6) is 0 Å². The van der Waals surface area contributed by atoms with E-state index in [-0.39, 0.29) is 17.2 Å². The number of non-ortho nitro benzene ring substituents is 1. The first kappa shape index (κ1) is 24.9. The van der Waals surface area contributed by atoms with Gasteiger partial charge in [0.15, 0.2) is 0 Å². The second-order valence-electron chi connectivity index (χ2n) is 9.50. The third-order valence-corrected chi connectivity index (χ3v) is 7.01. The average Bonchev–Trinajstić information content (AvgIpc) is 3.43. The van der Waals surface area contributed by atoms with Crippen LogP contribution in [-0.2, 0) is 0 Å². The number of benzene rings is 4. The summed E-state index contributed by atoms with van der Waals surface area (Å²) in [5.74, 6) is 0.180. The van der Waals surface area contributed by atoms with Crippen LogP contribution >= 0.6 is 0 Å². The lowest BCUT2D eigenvalue weighted by Gasteiger charge is -2.22. The number of aromatic nitrogens is 2. The van der Waals surface area contributed by atoms with Crippen molar-refractivity contribution < 1.29 is 9.72 Å². The van der Waals surface area contributed by atoms with E-state index in [0.717, 1.165) is 5.56 Å².